The molecule has 0 aromatic heterocycles. The number of hydrogen-bond donors (Lipinski definition) is 1. The smallest absolute Gasteiger partial charge is 0.190 e. The molecule has 76 valence electrons. The Hall–Kier alpha value is -1.07. The molecular formula is C9H10O4S. The Morgan fingerprint density at radius 2 is 2.07 bits per heavy atom. The summed E-state index contributed by atoms with van der Waals surface area (Å²) in [6.45, 7) is 1.09. The van der Waals surface area contributed by atoms with E-state index < -0.39 is 11.1 Å². The maximum absolute atomic E-state index is 11.0. The Balaban J connectivity index is 2.47. The van der Waals surface area contributed by atoms with Crippen molar-refractivity contribution in [2.75, 3.05) is 13.2 Å². The third kappa shape index (κ3) is 1.73. The predicted octanol–water partition coefficient (Wildman–Crippen LogP) is 1.43. The molecule has 1 aromatic carbocycles. The molecule has 0 aliphatic carbocycles. The Bertz CT molecular complexity index is 364. The quantitative estimate of drug-likeness (QED) is 0.718. The first-order valence-corrected chi connectivity index (χ1v) is 5.39. The van der Waals surface area contributed by atoms with Crippen molar-refractivity contribution < 1.29 is 18.2 Å². The van der Waals surface area contributed by atoms with Gasteiger partial charge in [0.25, 0.3) is 0 Å². The van der Waals surface area contributed by atoms with Gasteiger partial charge in [0.2, 0.25) is 0 Å². The van der Waals surface area contributed by atoms with Crippen LogP contribution in [0.2, 0.25) is 0 Å². The lowest BCUT2D eigenvalue weighted by molar-refractivity contribution is 0.294. The third-order valence-corrected chi connectivity index (χ3v) is 2.62. The van der Waals surface area contributed by atoms with Crippen LogP contribution in [0.25, 0.3) is 0 Å². The topological polar surface area (TPSA) is 55.8 Å². The van der Waals surface area contributed by atoms with Gasteiger partial charge in [-0.2, -0.15) is 0 Å². The molecule has 0 fully saturated rings. The highest BCUT2D eigenvalue weighted by Crippen LogP contribution is 2.34. The van der Waals surface area contributed by atoms with Crippen LogP contribution in [0.1, 0.15) is 6.42 Å². The summed E-state index contributed by atoms with van der Waals surface area (Å²) in [5.74, 6) is 0.938. The Morgan fingerprint density at radius 1 is 1.29 bits per heavy atom. The second kappa shape index (κ2) is 3.98. The van der Waals surface area contributed by atoms with Crippen molar-refractivity contribution in [1.82, 2.24) is 0 Å². The highest BCUT2D eigenvalue weighted by atomic mass is 32.2. The third-order valence-electron chi connectivity index (χ3n) is 1.92. The SMILES string of the molecule is O=S(O)c1cccc2c1OCCCO2. The molecule has 0 bridgehead atoms. The Kier molecular flexibility index (Phi) is 2.69. The minimum absolute atomic E-state index is 0.268. The van der Waals surface area contributed by atoms with Crippen molar-refractivity contribution in [3.05, 3.63) is 18.2 Å². The van der Waals surface area contributed by atoms with Gasteiger partial charge in [0.1, 0.15) is 4.90 Å². The number of hydrogen-bond acceptors (Lipinski definition) is 3. The maximum atomic E-state index is 11.0. The molecule has 14 heavy (non-hydrogen) atoms. The highest BCUT2D eigenvalue weighted by molar-refractivity contribution is 7.79. The largest absolute Gasteiger partial charge is 0.490 e. The molecule has 1 heterocycles. The van der Waals surface area contributed by atoms with Gasteiger partial charge in [-0.1, -0.05) is 6.07 Å². The normalized spacial score (nSPS) is 17.2. The average molecular weight is 214 g/mol. The van der Waals surface area contributed by atoms with Crippen LogP contribution in [-0.2, 0) is 11.1 Å². The van der Waals surface area contributed by atoms with Gasteiger partial charge < -0.3 is 14.0 Å². The Labute approximate surface area is 84.1 Å². The summed E-state index contributed by atoms with van der Waals surface area (Å²) in [5, 5.41) is 0. The van der Waals surface area contributed by atoms with E-state index in [1.54, 1.807) is 18.2 Å². The number of ether oxygens (including phenoxy) is 2. The fourth-order valence-corrected chi connectivity index (χ4v) is 1.82. The first-order chi connectivity index (χ1) is 6.79. The van der Waals surface area contributed by atoms with E-state index in [-0.39, 0.29) is 4.90 Å². The van der Waals surface area contributed by atoms with Crippen LogP contribution < -0.4 is 9.47 Å². The van der Waals surface area contributed by atoms with Crippen LogP contribution in [0.5, 0.6) is 11.5 Å². The van der Waals surface area contributed by atoms with Gasteiger partial charge in [0.15, 0.2) is 22.6 Å². The molecule has 0 saturated carbocycles. The van der Waals surface area contributed by atoms with E-state index >= 15 is 0 Å². The molecule has 1 N–H and O–H groups in total. The van der Waals surface area contributed by atoms with Gasteiger partial charge in [-0.05, 0) is 12.1 Å². The van der Waals surface area contributed by atoms with Crippen molar-refractivity contribution in [2.24, 2.45) is 0 Å². The van der Waals surface area contributed by atoms with Crippen molar-refractivity contribution in [1.29, 1.82) is 0 Å². The van der Waals surface area contributed by atoms with Gasteiger partial charge >= 0.3 is 0 Å². The molecule has 0 saturated heterocycles. The van der Waals surface area contributed by atoms with E-state index in [0.717, 1.165) is 6.42 Å². The zero-order chi connectivity index (χ0) is 9.97. The minimum atomic E-state index is -2.03. The van der Waals surface area contributed by atoms with Crippen molar-refractivity contribution >= 4 is 11.1 Å². The lowest BCUT2D eigenvalue weighted by Crippen LogP contribution is -1.99. The summed E-state index contributed by atoms with van der Waals surface area (Å²) in [4.78, 5) is 0.268. The standard InChI is InChI=1S/C9H10O4S/c10-14(11)8-4-1-3-7-9(8)13-6-2-5-12-7/h1,3-4H,2,5-6H2,(H,10,11). The number of fused-ring (bicyclic) bond motifs is 1. The summed E-state index contributed by atoms with van der Waals surface area (Å²) < 4.78 is 30.7. The van der Waals surface area contributed by atoms with Crippen LogP contribution in [-0.4, -0.2) is 22.0 Å². The van der Waals surface area contributed by atoms with Crippen molar-refractivity contribution in [2.45, 2.75) is 11.3 Å². The molecule has 2 rings (SSSR count). The first kappa shape index (κ1) is 9.48. The molecule has 0 spiro atoms. The fourth-order valence-electron chi connectivity index (χ4n) is 1.30. The van der Waals surface area contributed by atoms with Gasteiger partial charge in [0, 0.05) is 6.42 Å². The van der Waals surface area contributed by atoms with E-state index in [1.807, 2.05) is 0 Å². The molecule has 1 aliphatic rings. The average Bonchev–Trinajstić information content (AvgIpc) is 2.41. The summed E-state index contributed by atoms with van der Waals surface area (Å²) in [6, 6.07) is 4.97. The highest BCUT2D eigenvalue weighted by Gasteiger charge is 2.17. The zero-order valence-electron chi connectivity index (χ0n) is 7.43. The summed E-state index contributed by atoms with van der Waals surface area (Å²) in [5.41, 5.74) is 0. The fraction of sp³-hybridized carbons (Fsp3) is 0.333. The molecule has 1 aliphatic heterocycles. The second-order valence-corrected chi connectivity index (χ2v) is 3.82. The van der Waals surface area contributed by atoms with Gasteiger partial charge in [-0.15, -0.1) is 0 Å². The van der Waals surface area contributed by atoms with Crippen molar-refractivity contribution in [3.63, 3.8) is 0 Å². The molecule has 5 heteroatoms. The van der Waals surface area contributed by atoms with E-state index in [1.165, 1.54) is 0 Å². The number of para-hydroxylation sites is 1. The number of rotatable bonds is 1. The predicted molar refractivity (Wildman–Crippen MR) is 51.1 cm³/mol. The van der Waals surface area contributed by atoms with Gasteiger partial charge in [-0.25, -0.2) is 4.21 Å². The Morgan fingerprint density at radius 3 is 2.86 bits per heavy atom. The lowest BCUT2D eigenvalue weighted by Gasteiger charge is -2.09. The molecule has 1 unspecified atom stereocenters. The maximum Gasteiger partial charge on any atom is 0.190 e. The van der Waals surface area contributed by atoms with Crippen LogP contribution in [0.15, 0.2) is 23.1 Å². The second-order valence-electron chi connectivity index (χ2n) is 2.88. The van der Waals surface area contributed by atoms with Gasteiger partial charge in [-0.3, -0.25) is 0 Å². The molecule has 1 aromatic rings. The van der Waals surface area contributed by atoms with E-state index in [9.17, 15) is 4.21 Å². The molecule has 0 amide bonds. The monoisotopic (exact) mass is 214 g/mol. The molecule has 1 atom stereocenters. The molecular weight excluding hydrogens is 204 g/mol. The van der Waals surface area contributed by atoms with Crippen LogP contribution in [0.3, 0.4) is 0 Å². The summed E-state index contributed by atoms with van der Waals surface area (Å²) in [6.07, 6.45) is 0.784. The van der Waals surface area contributed by atoms with E-state index in [2.05, 4.69) is 0 Å². The van der Waals surface area contributed by atoms with Crippen LogP contribution in [0, 0.1) is 0 Å². The zero-order valence-corrected chi connectivity index (χ0v) is 8.25. The molecule has 4 nitrogen and oxygen atoms in total. The first-order valence-electron chi connectivity index (χ1n) is 4.28. The number of benzene rings is 1. The van der Waals surface area contributed by atoms with Crippen molar-refractivity contribution in [3.8, 4) is 11.5 Å². The van der Waals surface area contributed by atoms with E-state index in [0.29, 0.717) is 24.7 Å². The summed E-state index contributed by atoms with van der Waals surface area (Å²) in [7, 11) is 0. The van der Waals surface area contributed by atoms with Crippen LogP contribution >= 0.6 is 0 Å². The van der Waals surface area contributed by atoms with E-state index in [4.69, 9.17) is 14.0 Å². The van der Waals surface area contributed by atoms with Gasteiger partial charge in [0.05, 0.1) is 13.2 Å². The summed E-state index contributed by atoms with van der Waals surface area (Å²) >= 11 is -2.03. The van der Waals surface area contributed by atoms with Crippen LogP contribution in [0.4, 0.5) is 0 Å². The molecule has 0 radical (unpaired) electrons. The minimum Gasteiger partial charge on any atom is -0.490 e. The lowest BCUT2D eigenvalue weighted by atomic mass is 10.3.